The van der Waals surface area contributed by atoms with Gasteiger partial charge in [0, 0.05) is 17.0 Å². The average Bonchev–Trinajstić information content (AvgIpc) is 3.40. The number of benzene rings is 1. The number of ether oxygens (including phenoxy) is 2. The number of methoxy groups -OCH3 is 1. The van der Waals surface area contributed by atoms with Gasteiger partial charge >= 0.3 is 11.9 Å². The van der Waals surface area contributed by atoms with E-state index in [1.165, 1.54) is 13.4 Å². The molecule has 3 fully saturated rings. The number of cyclic esters (lactones) is 1. The molecule has 1 N–H and O–H groups in total. The van der Waals surface area contributed by atoms with Gasteiger partial charge in [0.1, 0.15) is 6.10 Å². The van der Waals surface area contributed by atoms with Crippen molar-refractivity contribution in [2.75, 3.05) is 7.11 Å². The van der Waals surface area contributed by atoms with Gasteiger partial charge in [-0.1, -0.05) is 32.0 Å². The Morgan fingerprint density at radius 2 is 1.83 bits per heavy atom. The molecule has 1 aliphatic heterocycles. The quantitative estimate of drug-likeness (QED) is 0.644. The van der Waals surface area contributed by atoms with Crippen LogP contribution in [0.3, 0.4) is 0 Å². The van der Waals surface area contributed by atoms with Gasteiger partial charge in [-0.2, -0.15) is 0 Å². The maximum Gasteiger partial charge on any atom is 0.310 e. The summed E-state index contributed by atoms with van der Waals surface area (Å²) in [6.45, 7) is 3.92. The standard InChI is InChI=1S/C28H31NO7/c1-27-11-9-18-26(33)36-21(17-10-12-35-15-17)14-28(18,2)23(27)22(30)20(13-19(27)25(32)34-3)29-24(31)16-7-5-4-6-8-16/h4-8,10,12,15,18-21,23H,9,11,13-14H2,1-3H3,(H,29,31)/t18?,19?,20?,21-,23?,27?,28-/m0/s1. The van der Waals surface area contributed by atoms with Gasteiger partial charge < -0.3 is 19.2 Å². The maximum absolute atomic E-state index is 14.2. The van der Waals surface area contributed by atoms with Crippen molar-refractivity contribution in [2.24, 2.45) is 28.6 Å². The summed E-state index contributed by atoms with van der Waals surface area (Å²) in [7, 11) is 1.34. The number of ketones is 1. The lowest BCUT2D eigenvalue weighted by Gasteiger charge is -2.61. The molecule has 3 aliphatic rings. The lowest BCUT2D eigenvalue weighted by molar-refractivity contribution is -0.203. The summed E-state index contributed by atoms with van der Waals surface area (Å²) in [5.41, 5.74) is -0.328. The molecule has 36 heavy (non-hydrogen) atoms. The molecule has 8 heteroatoms. The van der Waals surface area contributed by atoms with Gasteiger partial charge in [0.25, 0.3) is 5.91 Å². The molecule has 5 rings (SSSR count). The molecule has 0 spiro atoms. The molecule has 2 aliphatic carbocycles. The fourth-order valence-corrected chi connectivity index (χ4v) is 7.16. The summed E-state index contributed by atoms with van der Waals surface area (Å²) in [6, 6.07) is 9.55. The Labute approximate surface area is 209 Å². The highest BCUT2D eigenvalue weighted by Crippen LogP contribution is 2.65. The number of hydrogen-bond donors (Lipinski definition) is 1. The van der Waals surface area contributed by atoms with E-state index in [2.05, 4.69) is 5.32 Å². The largest absolute Gasteiger partial charge is 0.472 e. The molecule has 0 radical (unpaired) electrons. The lowest BCUT2D eigenvalue weighted by Crippen LogP contribution is -2.66. The van der Waals surface area contributed by atoms with Crippen LogP contribution in [-0.4, -0.2) is 36.8 Å². The molecule has 2 aromatic rings. The predicted molar refractivity (Wildman–Crippen MR) is 127 cm³/mol. The number of carbonyl (C=O) groups excluding carboxylic acids is 4. The zero-order valence-corrected chi connectivity index (χ0v) is 20.7. The molecule has 1 aromatic carbocycles. The highest BCUT2D eigenvalue weighted by atomic mass is 16.5. The molecule has 190 valence electrons. The topological polar surface area (TPSA) is 112 Å². The van der Waals surface area contributed by atoms with Crippen LogP contribution in [0.1, 0.15) is 61.6 Å². The minimum absolute atomic E-state index is 0.144. The van der Waals surface area contributed by atoms with Crippen molar-refractivity contribution < 1.29 is 33.1 Å². The van der Waals surface area contributed by atoms with Gasteiger partial charge in [-0.15, -0.1) is 0 Å². The first-order valence-electron chi connectivity index (χ1n) is 12.4. The van der Waals surface area contributed by atoms with Gasteiger partial charge in [-0.05, 0) is 54.7 Å². The summed E-state index contributed by atoms with van der Waals surface area (Å²) in [5, 5.41) is 2.88. The molecule has 8 nitrogen and oxygen atoms in total. The Balaban J connectivity index is 1.54. The van der Waals surface area contributed by atoms with E-state index in [-0.39, 0.29) is 24.1 Å². The third-order valence-corrected chi connectivity index (χ3v) is 8.89. The van der Waals surface area contributed by atoms with E-state index in [0.717, 1.165) is 5.56 Å². The summed E-state index contributed by atoms with van der Waals surface area (Å²) in [5.74, 6) is -2.99. The van der Waals surface area contributed by atoms with Crippen molar-refractivity contribution in [2.45, 2.75) is 51.7 Å². The summed E-state index contributed by atoms with van der Waals surface area (Å²) >= 11 is 0. The van der Waals surface area contributed by atoms with Crippen LogP contribution in [0.4, 0.5) is 0 Å². The molecular formula is C28H31NO7. The van der Waals surface area contributed by atoms with Crippen LogP contribution in [-0.2, 0) is 23.9 Å². The smallest absolute Gasteiger partial charge is 0.310 e. The van der Waals surface area contributed by atoms with Crippen molar-refractivity contribution >= 4 is 23.6 Å². The molecule has 1 amide bonds. The molecule has 2 saturated carbocycles. The van der Waals surface area contributed by atoms with Gasteiger partial charge in [-0.25, -0.2) is 0 Å². The first kappa shape index (κ1) is 24.3. The Morgan fingerprint density at radius 1 is 1.08 bits per heavy atom. The third-order valence-electron chi connectivity index (χ3n) is 8.89. The highest BCUT2D eigenvalue weighted by molar-refractivity contribution is 6.00. The van der Waals surface area contributed by atoms with E-state index in [1.54, 1.807) is 36.6 Å². The minimum Gasteiger partial charge on any atom is -0.472 e. The van der Waals surface area contributed by atoms with Gasteiger partial charge in [-0.3, -0.25) is 19.2 Å². The Bertz CT molecular complexity index is 1180. The lowest BCUT2D eigenvalue weighted by atomic mass is 9.43. The fraction of sp³-hybridized carbons (Fsp3) is 0.500. The Hall–Kier alpha value is -3.42. The number of rotatable bonds is 4. The van der Waals surface area contributed by atoms with Crippen LogP contribution in [0.25, 0.3) is 0 Å². The van der Waals surface area contributed by atoms with Crippen LogP contribution in [0.2, 0.25) is 0 Å². The van der Waals surface area contributed by atoms with Crippen LogP contribution in [0.5, 0.6) is 0 Å². The number of esters is 2. The van der Waals surface area contributed by atoms with Gasteiger partial charge in [0.05, 0.1) is 37.5 Å². The summed E-state index contributed by atoms with van der Waals surface area (Å²) in [6.07, 6.45) is 4.12. The maximum atomic E-state index is 14.2. The third kappa shape index (κ3) is 3.74. The average molecular weight is 494 g/mol. The highest BCUT2D eigenvalue weighted by Gasteiger charge is 2.67. The van der Waals surface area contributed by atoms with E-state index in [1.807, 2.05) is 19.9 Å². The van der Waals surface area contributed by atoms with Crippen molar-refractivity contribution in [1.29, 1.82) is 0 Å². The second-order valence-electron chi connectivity index (χ2n) is 10.8. The van der Waals surface area contributed by atoms with Crippen molar-refractivity contribution in [1.82, 2.24) is 5.32 Å². The number of nitrogens with one attached hydrogen (secondary N) is 1. The van der Waals surface area contributed by atoms with Crippen LogP contribution in [0, 0.1) is 28.6 Å². The minimum atomic E-state index is -0.874. The SMILES string of the molecule is COC(=O)C1CC(NC(=O)c2ccccc2)C(=O)C2C1(C)CCC1C(=O)O[C@H](c3ccoc3)C[C@@]12C. The normalized spacial score (nSPS) is 35.7. The molecule has 1 saturated heterocycles. The van der Waals surface area contributed by atoms with E-state index >= 15 is 0 Å². The fourth-order valence-electron chi connectivity index (χ4n) is 7.16. The second-order valence-corrected chi connectivity index (χ2v) is 10.8. The molecule has 2 heterocycles. The van der Waals surface area contributed by atoms with E-state index in [9.17, 15) is 19.2 Å². The van der Waals surface area contributed by atoms with Crippen LogP contribution >= 0.6 is 0 Å². The zero-order chi connectivity index (χ0) is 25.7. The molecular weight excluding hydrogens is 462 g/mol. The first-order chi connectivity index (χ1) is 17.2. The molecule has 1 aromatic heterocycles. The van der Waals surface area contributed by atoms with Gasteiger partial charge in [0.15, 0.2) is 5.78 Å². The molecule has 5 unspecified atom stereocenters. The summed E-state index contributed by atoms with van der Waals surface area (Å²) < 4.78 is 16.2. The first-order valence-corrected chi connectivity index (χ1v) is 12.4. The van der Waals surface area contributed by atoms with Crippen LogP contribution in [0.15, 0.2) is 53.3 Å². The number of carbonyl (C=O) groups is 4. The van der Waals surface area contributed by atoms with E-state index in [4.69, 9.17) is 13.9 Å². The van der Waals surface area contributed by atoms with Crippen molar-refractivity contribution in [3.63, 3.8) is 0 Å². The number of Topliss-reactive ketones (excluding diaryl/α,β-unsaturated/α-hetero) is 1. The van der Waals surface area contributed by atoms with Crippen molar-refractivity contribution in [3.8, 4) is 0 Å². The van der Waals surface area contributed by atoms with Crippen LogP contribution < -0.4 is 5.32 Å². The van der Waals surface area contributed by atoms with E-state index < -0.39 is 46.7 Å². The zero-order valence-electron chi connectivity index (χ0n) is 20.7. The number of fused-ring (bicyclic) bond motifs is 3. The Kier molecular flexibility index (Phi) is 6.01. The van der Waals surface area contributed by atoms with Crippen molar-refractivity contribution in [3.05, 3.63) is 60.1 Å². The second kappa shape index (κ2) is 8.91. The number of hydrogen-bond acceptors (Lipinski definition) is 7. The monoisotopic (exact) mass is 493 g/mol. The summed E-state index contributed by atoms with van der Waals surface area (Å²) in [4.78, 5) is 53.5. The number of furan rings is 1. The van der Waals surface area contributed by atoms with Gasteiger partial charge in [0.2, 0.25) is 0 Å². The Morgan fingerprint density at radius 3 is 2.50 bits per heavy atom. The van der Waals surface area contributed by atoms with E-state index in [0.29, 0.717) is 24.8 Å². The predicted octanol–water partition coefficient (Wildman–Crippen LogP) is 3.87. The number of amides is 1. The molecule has 0 bridgehead atoms. The molecule has 7 atom stereocenters.